The Balaban J connectivity index is 4.81. The van der Waals surface area contributed by atoms with Crippen molar-refractivity contribution >= 4 is 24.3 Å². The van der Waals surface area contributed by atoms with Gasteiger partial charge in [0.2, 0.25) is 0 Å². The van der Waals surface area contributed by atoms with Gasteiger partial charge >= 0.3 is 207 Å². The van der Waals surface area contributed by atoms with E-state index in [0.717, 1.165) is 6.42 Å². The zero-order chi connectivity index (χ0) is 23.8. The molecule has 0 heterocycles. The van der Waals surface area contributed by atoms with Crippen molar-refractivity contribution in [1.82, 2.24) is 5.43 Å². The Labute approximate surface area is 206 Å². The normalized spacial score (nSPS) is 11.8. The molecule has 0 radical (unpaired) electrons. The van der Waals surface area contributed by atoms with E-state index in [4.69, 9.17) is 5.84 Å². The second kappa shape index (κ2) is 24.4. The van der Waals surface area contributed by atoms with Crippen LogP contribution in [0.15, 0.2) is 0 Å². The molecule has 0 aromatic rings. The molecule has 0 fully saturated rings. The van der Waals surface area contributed by atoms with E-state index in [9.17, 15) is 4.79 Å². The van der Waals surface area contributed by atoms with Crippen molar-refractivity contribution in [2.24, 2.45) is 5.84 Å². The fraction of sp³-hybridized carbons (Fsp3) is 0.964. The SMILES string of the molecule is CCCCCCC[CH2][Sn]([CH2]CCCCCCC)([CH2]CCCCCCC)[CH2]CCC(=O)NN. The second-order valence-corrected chi connectivity index (χ2v) is 24.7. The summed E-state index contributed by atoms with van der Waals surface area (Å²) in [4.78, 5) is 11.8. The average Bonchev–Trinajstić information content (AvgIpc) is 2.80. The Morgan fingerprint density at radius 1 is 0.531 bits per heavy atom. The molecule has 0 aliphatic heterocycles. The van der Waals surface area contributed by atoms with Gasteiger partial charge in [-0.1, -0.05) is 0 Å². The quantitative estimate of drug-likeness (QED) is 0.0385. The molecule has 32 heavy (non-hydrogen) atoms. The van der Waals surface area contributed by atoms with Gasteiger partial charge in [-0.2, -0.15) is 0 Å². The van der Waals surface area contributed by atoms with Gasteiger partial charge in [-0.3, -0.25) is 0 Å². The maximum absolute atomic E-state index is 11.8. The standard InChI is InChI=1S/3C8H17.C4H9N2O.Sn/c3*1-3-5-7-8-6-4-2;1-2-3-4(7)6-5;/h3*1,3-8H2,2H3;1-3,5H2,(H,6,7);. The molecule has 0 atom stereocenters. The molecular weight excluding hydrogens is 499 g/mol. The molecule has 4 heteroatoms. The summed E-state index contributed by atoms with van der Waals surface area (Å²) in [7, 11) is 0. The van der Waals surface area contributed by atoms with Crippen LogP contribution in [-0.4, -0.2) is 24.3 Å². The first-order valence-electron chi connectivity index (χ1n) is 14.6. The molecular formula is C28H60N2OSn. The van der Waals surface area contributed by atoms with Crippen molar-refractivity contribution in [3.05, 3.63) is 0 Å². The molecule has 0 aromatic heterocycles. The molecule has 3 nitrogen and oxygen atoms in total. The summed E-state index contributed by atoms with van der Waals surface area (Å²) in [5, 5.41) is 0. The number of carbonyl (C=O) groups excluding carboxylic acids is 1. The van der Waals surface area contributed by atoms with Crippen LogP contribution in [0.2, 0.25) is 17.7 Å². The van der Waals surface area contributed by atoms with Crippen molar-refractivity contribution in [2.45, 2.75) is 167 Å². The number of amides is 1. The van der Waals surface area contributed by atoms with Gasteiger partial charge in [-0.15, -0.1) is 0 Å². The van der Waals surface area contributed by atoms with Crippen LogP contribution in [0.4, 0.5) is 0 Å². The number of nitrogens with one attached hydrogen (secondary N) is 1. The van der Waals surface area contributed by atoms with E-state index in [1.165, 1.54) is 120 Å². The number of unbranched alkanes of at least 4 members (excludes halogenated alkanes) is 15. The van der Waals surface area contributed by atoms with E-state index in [1.54, 1.807) is 13.3 Å². The summed E-state index contributed by atoms with van der Waals surface area (Å²) in [5.41, 5.74) is 2.35. The predicted molar refractivity (Wildman–Crippen MR) is 147 cm³/mol. The third kappa shape index (κ3) is 19.7. The van der Waals surface area contributed by atoms with Gasteiger partial charge in [0.25, 0.3) is 0 Å². The van der Waals surface area contributed by atoms with E-state index in [2.05, 4.69) is 26.2 Å². The van der Waals surface area contributed by atoms with Crippen LogP contribution in [0, 0.1) is 0 Å². The third-order valence-corrected chi connectivity index (χ3v) is 23.6. The molecule has 0 saturated heterocycles. The van der Waals surface area contributed by atoms with Crippen LogP contribution in [-0.2, 0) is 4.79 Å². The molecule has 0 aliphatic rings. The number of rotatable bonds is 25. The first-order valence-corrected chi connectivity index (χ1v) is 22.7. The van der Waals surface area contributed by atoms with E-state index in [-0.39, 0.29) is 5.91 Å². The summed E-state index contributed by atoms with van der Waals surface area (Å²) >= 11 is -2.20. The van der Waals surface area contributed by atoms with Gasteiger partial charge in [0.05, 0.1) is 0 Å². The Hall–Kier alpha value is 0.229. The zero-order valence-corrected chi connectivity index (χ0v) is 25.3. The molecule has 0 rings (SSSR count). The van der Waals surface area contributed by atoms with E-state index in [0.29, 0.717) is 6.42 Å². The third-order valence-electron chi connectivity index (χ3n) is 7.45. The monoisotopic (exact) mass is 560 g/mol. The molecule has 0 spiro atoms. The Morgan fingerprint density at radius 3 is 1.19 bits per heavy atom. The van der Waals surface area contributed by atoms with Crippen molar-refractivity contribution < 1.29 is 4.79 Å². The fourth-order valence-electron chi connectivity index (χ4n) is 5.29. The Bertz CT molecular complexity index is 362. The first-order chi connectivity index (χ1) is 15.6. The van der Waals surface area contributed by atoms with Crippen molar-refractivity contribution in [3.63, 3.8) is 0 Å². The van der Waals surface area contributed by atoms with Crippen LogP contribution >= 0.6 is 0 Å². The Morgan fingerprint density at radius 2 is 0.844 bits per heavy atom. The van der Waals surface area contributed by atoms with Crippen LogP contribution < -0.4 is 11.3 Å². The predicted octanol–water partition coefficient (Wildman–Crippen LogP) is 9.29. The second-order valence-electron chi connectivity index (χ2n) is 10.5. The molecule has 0 aromatic carbocycles. The van der Waals surface area contributed by atoms with Gasteiger partial charge in [-0.05, 0) is 0 Å². The maximum atomic E-state index is 11.8. The molecule has 0 bridgehead atoms. The summed E-state index contributed by atoms with van der Waals surface area (Å²) in [6.45, 7) is 6.92. The van der Waals surface area contributed by atoms with E-state index >= 15 is 0 Å². The molecule has 3 N–H and O–H groups in total. The number of nitrogens with two attached hydrogens (primary N) is 1. The van der Waals surface area contributed by atoms with Crippen LogP contribution in [0.1, 0.15) is 149 Å². The summed E-state index contributed by atoms with van der Waals surface area (Å²) in [5.74, 6) is 5.39. The van der Waals surface area contributed by atoms with Crippen LogP contribution in [0.25, 0.3) is 0 Å². The summed E-state index contributed by atoms with van der Waals surface area (Å²) in [6.07, 6.45) is 27.2. The van der Waals surface area contributed by atoms with Gasteiger partial charge in [-0.25, -0.2) is 0 Å². The molecule has 0 aliphatic carbocycles. The minimum absolute atomic E-state index is 0.0314. The topological polar surface area (TPSA) is 55.1 Å². The number of hydrazine groups is 1. The van der Waals surface area contributed by atoms with E-state index in [1.807, 2.05) is 0 Å². The van der Waals surface area contributed by atoms with Gasteiger partial charge in [0.1, 0.15) is 0 Å². The zero-order valence-electron chi connectivity index (χ0n) is 22.5. The van der Waals surface area contributed by atoms with E-state index < -0.39 is 18.4 Å². The van der Waals surface area contributed by atoms with Crippen molar-refractivity contribution in [3.8, 4) is 0 Å². The van der Waals surface area contributed by atoms with Gasteiger partial charge in [0, 0.05) is 0 Å². The fourth-order valence-corrected chi connectivity index (χ4v) is 20.8. The molecule has 0 unspecified atom stereocenters. The molecule has 0 saturated carbocycles. The summed E-state index contributed by atoms with van der Waals surface area (Å²) in [6, 6.07) is 0. The number of hydrogen-bond donors (Lipinski definition) is 2. The Kier molecular flexibility index (Phi) is 24.5. The number of hydrogen-bond acceptors (Lipinski definition) is 2. The first kappa shape index (κ1) is 32.2. The van der Waals surface area contributed by atoms with Crippen molar-refractivity contribution in [1.29, 1.82) is 0 Å². The molecule has 1 amide bonds. The van der Waals surface area contributed by atoms with Crippen LogP contribution in [0.3, 0.4) is 0 Å². The minimum atomic E-state index is -2.20. The van der Waals surface area contributed by atoms with Gasteiger partial charge in [0.15, 0.2) is 0 Å². The molecule has 192 valence electrons. The average molecular weight is 560 g/mol. The van der Waals surface area contributed by atoms with Crippen LogP contribution in [0.5, 0.6) is 0 Å². The summed E-state index contributed by atoms with van der Waals surface area (Å²) < 4.78 is 6.15. The number of carbonyl (C=O) groups is 1. The van der Waals surface area contributed by atoms with Gasteiger partial charge < -0.3 is 0 Å². The van der Waals surface area contributed by atoms with Crippen molar-refractivity contribution in [2.75, 3.05) is 0 Å².